The van der Waals surface area contributed by atoms with Crippen molar-refractivity contribution in [1.82, 2.24) is 4.98 Å². The molecular formula is C9H8N2O3. The smallest absolute Gasteiger partial charge is 0.354 e. The number of pyridine rings is 1. The number of carboxylic acids is 1. The quantitative estimate of drug-likeness (QED) is 0.754. The van der Waals surface area contributed by atoms with Gasteiger partial charge >= 0.3 is 5.97 Å². The standard InChI is InChI=1S/C9H8N2O3/c1-5-7(9(12)13)11-4-6(3-10)8(5)14-2/h4H,1-2H3,(H,12,13). The van der Waals surface area contributed by atoms with E-state index in [4.69, 9.17) is 15.1 Å². The number of carbonyl (C=O) groups is 1. The zero-order valence-electron chi connectivity index (χ0n) is 7.74. The van der Waals surface area contributed by atoms with E-state index in [1.54, 1.807) is 6.92 Å². The molecule has 0 bridgehead atoms. The Morgan fingerprint density at radius 1 is 1.71 bits per heavy atom. The highest BCUT2D eigenvalue weighted by Gasteiger charge is 2.16. The van der Waals surface area contributed by atoms with Gasteiger partial charge in [-0.2, -0.15) is 5.26 Å². The second-order valence-electron chi connectivity index (χ2n) is 2.60. The number of ether oxygens (including phenoxy) is 1. The van der Waals surface area contributed by atoms with E-state index in [-0.39, 0.29) is 17.0 Å². The first kappa shape index (κ1) is 9.99. The minimum atomic E-state index is -1.13. The fraction of sp³-hybridized carbons (Fsp3) is 0.222. The number of nitriles is 1. The van der Waals surface area contributed by atoms with Crippen molar-refractivity contribution >= 4 is 5.97 Å². The van der Waals surface area contributed by atoms with Crippen molar-refractivity contribution in [2.45, 2.75) is 6.92 Å². The monoisotopic (exact) mass is 192 g/mol. The van der Waals surface area contributed by atoms with E-state index < -0.39 is 5.97 Å². The molecule has 1 N–H and O–H groups in total. The van der Waals surface area contributed by atoms with Gasteiger partial charge in [0.2, 0.25) is 0 Å². The van der Waals surface area contributed by atoms with Gasteiger partial charge in [0, 0.05) is 11.8 Å². The Bertz CT molecular complexity index is 421. The number of aromatic carboxylic acids is 1. The number of methoxy groups -OCH3 is 1. The van der Waals surface area contributed by atoms with E-state index in [1.807, 2.05) is 6.07 Å². The Morgan fingerprint density at radius 2 is 2.36 bits per heavy atom. The van der Waals surface area contributed by atoms with Crippen LogP contribution in [0.4, 0.5) is 0 Å². The molecule has 1 aromatic heterocycles. The number of hydrogen-bond donors (Lipinski definition) is 1. The summed E-state index contributed by atoms with van der Waals surface area (Å²) in [5.41, 5.74) is 0.495. The zero-order valence-corrected chi connectivity index (χ0v) is 7.74. The highest BCUT2D eigenvalue weighted by Crippen LogP contribution is 2.23. The van der Waals surface area contributed by atoms with Crippen LogP contribution >= 0.6 is 0 Å². The van der Waals surface area contributed by atoms with Gasteiger partial charge in [-0.3, -0.25) is 0 Å². The molecule has 0 spiro atoms. The third-order valence-electron chi connectivity index (χ3n) is 1.79. The minimum absolute atomic E-state index is 0.0964. The predicted molar refractivity (Wildman–Crippen MR) is 47.2 cm³/mol. The molecule has 0 saturated carbocycles. The van der Waals surface area contributed by atoms with Gasteiger partial charge in [-0.1, -0.05) is 0 Å². The summed E-state index contributed by atoms with van der Waals surface area (Å²) >= 11 is 0. The maximum atomic E-state index is 10.7. The molecule has 1 aromatic rings. The maximum Gasteiger partial charge on any atom is 0.354 e. The number of carboxylic acid groups (broad SMARTS) is 1. The van der Waals surface area contributed by atoms with Gasteiger partial charge < -0.3 is 9.84 Å². The SMILES string of the molecule is COc1c(C#N)cnc(C(=O)O)c1C. The van der Waals surface area contributed by atoms with Crippen molar-refractivity contribution in [3.8, 4) is 11.8 Å². The lowest BCUT2D eigenvalue weighted by molar-refractivity contribution is 0.0689. The average molecular weight is 192 g/mol. The van der Waals surface area contributed by atoms with Gasteiger partial charge in [-0.05, 0) is 6.92 Å². The third kappa shape index (κ3) is 1.50. The van der Waals surface area contributed by atoms with Crippen molar-refractivity contribution in [1.29, 1.82) is 5.26 Å². The molecule has 0 aromatic carbocycles. The molecule has 0 fully saturated rings. The molecule has 0 radical (unpaired) electrons. The summed E-state index contributed by atoms with van der Waals surface area (Å²) in [6.45, 7) is 1.55. The van der Waals surface area contributed by atoms with E-state index in [9.17, 15) is 4.79 Å². The van der Waals surface area contributed by atoms with Crippen LogP contribution in [0.2, 0.25) is 0 Å². The first-order chi connectivity index (χ1) is 6.61. The van der Waals surface area contributed by atoms with Gasteiger partial charge in [0.15, 0.2) is 5.69 Å². The van der Waals surface area contributed by atoms with Crippen molar-refractivity contribution in [2.24, 2.45) is 0 Å². The molecule has 0 amide bonds. The fourth-order valence-corrected chi connectivity index (χ4v) is 1.15. The molecule has 1 heterocycles. The summed E-state index contributed by atoms with van der Waals surface area (Å²) in [6.07, 6.45) is 1.19. The van der Waals surface area contributed by atoms with Crippen LogP contribution in [-0.4, -0.2) is 23.2 Å². The van der Waals surface area contributed by atoms with E-state index in [0.29, 0.717) is 5.56 Å². The number of rotatable bonds is 2. The minimum Gasteiger partial charge on any atom is -0.495 e. The Kier molecular flexibility index (Phi) is 2.67. The Hall–Kier alpha value is -2.09. The molecule has 5 nitrogen and oxygen atoms in total. The van der Waals surface area contributed by atoms with Crippen LogP contribution in [0.3, 0.4) is 0 Å². The summed E-state index contributed by atoms with van der Waals surface area (Å²) in [5, 5.41) is 17.4. The summed E-state index contributed by atoms with van der Waals surface area (Å²) in [4.78, 5) is 14.3. The largest absolute Gasteiger partial charge is 0.495 e. The number of aromatic nitrogens is 1. The molecule has 0 unspecified atom stereocenters. The second kappa shape index (κ2) is 3.75. The van der Waals surface area contributed by atoms with Crippen LogP contribution in [0.5, 0.6) is 5.75 Å². The lowest BCUT2D eigenvalue weighted by Crippen LogP contribution is -2.06. The topological polar surface area (TPSA) is 83.2 Å². The second-order valence-corrected chi connectivity index (χ2v) is 2.60. The molecule has 0 atom stereocenters. The normalized spacial score (nSPS) is 9.21. The van der Waals surface area contributed by atoms with Crippen molar-refractivity contribution < 1.29 is 14.6 Å². The molecule has 5 heteroatoms. The van der Waals surface area contributed by atoms with Gasteiger partial charge in [-0.25, -0.2) is 9.78 Å². The summed E-state index contributed by atoms with van der Waals surface area (Å²) < 4.78 is 4.93. The predicted octanol–water partition coefficient (Wildman–Crippen LogP) is 0.968. The Labute approximate surface area is 80.6 Å². The van der Waals surface area contributed by atoms with Crippen LogP contribution in [0.15, 0.2) is 6.20 Å². The highest BCUT2D eigenvalue weighted by molar-refractivity contribution is 5.88. The molecule has 14 heavy (non-hydrogen) atoms. The lowest BCUT2D eigenvalue weighted by atomic mass is 10.1. The molecule has 72 valence electrons. The molecule has 0 aliphatic rings. The van der Waals surface area contributed by atoms with Crippen LogP contribution in [0.1, 0.15) is 21.6 Å². The van der Waals surface area contributed by atoms with Crippen molar-refractivity contribution in [3.63, 3.8) is 0 Å². The molecule has 0 aliphatic carbocycles. The fourth-order valence-electron chi connectivity index (χ4n) is 1.15. The summed E-state index contributed by atoms with van der Waals surface area (Å²) in [7, 11) is 1.38. The van der Waals surface area contributed by atoms with Gasteiger partial charge in [-0.15, -0.1) is 0 Å². The van der Waals surface area contributed by atoms with Crippen LogP contribution < -0.4 is 4.74 Å². The van der Waals surface area contributed by atoms with Crippen LogP contribution in [0.25, 0.3) is 0 Å². The first-order valence-electron chi connectivity index (χ1n) is 3.78. The molecule has 0 saturated heterocycles. The van der Waals surface area contributed by atoms with Gasteiger partial charge in [0.1, 0.15) is 17.4 Å². The van der Waals surface area contributed by atoms with Crippen LogP contribution in [-0.2, 0) is 0 Å². The Morgan fingerprint density at radius 3 is 2.79 bits per heavy atom. The van der Waals surface area contributed by atoms with Crippen molar-refractivity contribution in [2.75, 3.05) is 7.11 Å². The number of nitrogens with zero attached hydrogens (tertiary/aromatic N) is 2. The molecule has 1 rings (SSSR count). The average Bonchev–Trinajstić information content (AvgIpc) is 2.16. The van der Waals surface area contributed by atoms with Crippen LogP contribution in [0, 0.1) is 18.3 Å². The summed E-state index contributed by atoms with van der Waals surface area (Å²) in [5.74, 6) is -0.870. The highest BCUT2D eigenvalue weighted by atomic mass is 16.5. The first-order valence-corrected chi connectivity index (χ1v) is 3.78. The van der Waals surface area contributed by atoms with Gasteiger partial charge in [0.25, 0.3) is 0 Å². The van der Waals surface area contributed by atoms with E-state index in [0.717, 1.165) is 0 Å². The molecule has 0 aliphatic heterocycles. The summed E-state index contributed by atoms with van der Waals surface area (Å²) in [6, 6.07) is 1.87. The molecular weight excluding hydrogens is 184 g/mol. The van der Waals surface area contributed by atoms with Gasteiger partial charge in [0.05, 0.1) is 7.11 Å². The maximum absolute atomic E-state index is 10.7. The zero-order chi connectivity index (χ0) is 10.7. The lowest BCUT2D eigenvalue weighted by Gasteiger charge is -2.07. The van der Waals surface area contributed by atoms with E-state index in [2.05, 4.69) is 4.98 Å². The number of hydrogen-bond acceptors (Lipinski definition) is 4. The third-order valence-corrected chi connectivity index (χ3v) is 1.79. The van der Waals surface area contributed by atoms with E-state index >= 15 is 0 Å². The van der Waals surface area contributed by atoms with Crippen molar-refractivity contribution in [3.05, 3.63) is 23.0 Å². The van der Waals surface area contributed by atoms with E-state index in [1.165, 1.54) is 13.3 Å². The Balaban J connectivity index is 3.44.